The van der Waals surface area contributed by atoms with Crippen molar-refractivity contribution in [3.8, 4) is 0 Å². The molecule has 1 aliphatic rings. The van der Waals surface area contributed by atoms with Gasteiger partial charge in [0.2, 0.25) is 18.2 Å². The molecule has 0 aromatic rings. The molecule has 1 heterocycles. The van der Waals surface area contributed by atoms with Gasteiger partial charge in [-0.2, -0.15) is 0 Å². The van der Waals surface area contributed by atoms with Crippen LogP contribution < -0.4 is 10.7 Å². The number of urea groups is 1. The lowest BCUT2D eigenvalue weighted by Gasteiger charge is -2.36. The molecule has 1 atom stereocenters. The maximum Gasteiger partial charge on any atom is 0.317 e. The van der Waals surface area contributed by atoms with Crippen molar-refractivity contribution in [1.29, 1.82) is 0 Å². The fraction of sp³-hybridized carbons (Fsp3) is 0.833. The number of nitrogens with one attached hydrogen (secondary N) is 2. The molecule has 0 spiro atoms. The van der Waals surface area contributed by atoms with Gasteiger partial charge in [-0.05, 0) is 46.5 Å². The number of hydrazine groups is 1. The normalized spacial score (nSPS) is 15.4. The standard InChI is InChI=1S/C24H45N5O5/c1-6-8-10-11-20(17-28(34)18-30)21(31)26-29(14-9-7-2)22(32)19-12-15-27(16-13-19)23(33)25-24(3,4)5/h18-20,34H,6-17H2,1-5H3,(H,25,33)(H,26,31). The summed E-state index contributed by atoms with van der Waals surface area (Å²) < 4.78 is 0. The maximum absolute atomic E-state index is 13.3. The number of hydrogen-bond donors (Lipinski definition) is 3. The molecule has 1 aliphatic heterocycles. The minimum absolute atomic E-state index is 0.115. The highest BCUT2D eigenvalue weighted by Gasteiger charge is 2.32. The predicted octanol–water partition coefficient (Wildman–Crippen LogP) is 2.91. The summed E-state index contributed by atoms with van der Waals surface area (Å²) in [6, 6.07) is -0.131. The van der Waals surface area contributed by atoms with Gasteiger partial charge in [-0.1, -0.05) is 39.5 Å². The lowest BCUT2D eigenvalue weighted by Crippen LogP contribution is -2.55. The fourth-order valence-electron chi connectivity index (χ4n) is 3.93. The van der Waals surface area contributed by atoms with Crippen molar-refractivity contribution in [3.05, 3.63) is 0 Å². The van der Waals surface area contributed by atoms with Crippen molar-refractivity contribution in [1.82, 2.24) is 25.7 Å². The Labute approximate surface area is 204 Å². The minimum Gasteiger partial charge on any atom is -0.333 e. The monoisotopic (exact) mass is 483 g/mol. The summed E-state index contributed by atoms with van der Waals surface area (Å²) in [5.74, 6) is -1.41. The lowest BCUT2D eigenvalue weighted by molar-refractivity contribution is -0.157. The highest BCUT2D eigenvalue weighted by molar-refractivity contribution is 5.85. The molecular formula is C24H45N5O5. The van der Waals surface area contributed by atoms with E-state index < -0.39 is 5.92 Å². The smallest absolute Gasteiger partial charge is 0.317 e. The molecule has 5 amide bonds. The van der Waals surface area contributed by atoms with Crippen LogP contribution in [0, 0.1) is 11.8 Å². The predicted molar refractivity (Wildman–Crippen MR) is 130 cm³/mol. The van der Waals surface area contributed by atoms with Crippen LogP contribution in [0.1, 0.15) is 86.0 Å². The number of likely N-dealkylation sites (tertiary alicyclic amines) is 1. The molecule has 0 radical (unpaired) electrons. The summed E-state index contributed by atoms with van der Waals surface area (Å²) in [5.41, 5.74) is 2.44. The van der Waals surface area contributed by atoms with Crippen molar-refractivity contribution < 1.29 is 24.4 Å². The maximum atomic E-state index is 13.3. The number of nitrogens with zero attached hydrogens (tertiary/aromatic N) is 3. The molecule has 10 heteroatoms. The van der Waals surface area contributed by atoms with Crippen LogP contribution >= 0.6 is 0 Å². The van der Waals surface area contributed by atoms with Crippen LogP contribution in [0.2, 0.25) is 0 Å². The third kappa shape index (κ3) is 10.7. The molecule has 1 fully saturated rings. The van der Waals surface area contributed by atoms with Crippen molar-refractivity contribution >= 4 is 24.3 Å². The number of hydrogen-bond acceptors (Lipinski definition) is 5. The molecule has 0 aromatic carbocycles. The summed E-state index contributed by atoms with van der Waals surface area (Å²) in [6.07, 6.45) is 6.17. The van der Waals surface area contributed by atoms with Gasteiger partial charge >= 0.3 is 6.03 Å². The van der Waals surface area contributed by atoms with E-state index in [-0.39, 0.29) is 42.3 Å². The average molecular weight is 484 g/mol. The Morgan fingerprint density at radius 1 is 1.09 bits per heavy atom. The van der Waals surface area contributed by atoms with E-state index in [1.54, 1.807) is 4.90 Å². The van der Waals surface area contributed by atoms with Crippen LogP contribution in [-0.4, -0.2) is 76.2 Å². The van der Waals surface area contributed by atoms with Crippen LogP contribution in [0.25, 0.3) is 0 Å². The molecule has 1 rings (SSSR count). The summed E-state index contributed by atoms with van der Waals surface area (Å²) in [6.45, 7) is 11.1. The fourth-order valence-corrected chi connectivity index (χ4v) is 3.93. The van der Waals surface area contributed by atoms with Gasteiger partial charge in [0, 0.05) is 31.1 Å². The SMILES string of the molecule is CCCCCC(CN(O)C=O)C(=O)NN(CCCC)C(=O)C1CCN(C(=O)NC(C)(C)C)CC1. The highest BCUT2D eigenvalue weighted by atomic mass is 16.5. The molecule has 1 unspecified atom stereocenters. The van der Waals surface area contributed by atoms with Gasteiger partial charge in [0.25, 0.3) is 0 Å². The van der Waals surface area contributed by atoms with Crippen molar-refractivity contribution in [3.63, 3.8) is 0 Å². The molecule has 3 N–H and O–H groups in total. The van der Waals surface area contributed by atoms with E-state index in [9.17, 15) is 24.4 Å². The molecule has 0 aromatic heterocycles. The molecule has 0 aliphatic carbocycles. The Bertz CT molecular complexity index is 659. The zero-order valence-corrected chi connectivity index (χ0v) is 21.6. The van der Waals surface area contributed by atoms with Crippen LogP contribution in [-0.2, 0) is 14.4 Å². The summed E-state index contributed by atoms with van der Waals surface area (Å²) >= 11 is 0. The van der Waals surface area contributed by atoms with Crippen LogP contribution in [0.5, 0.6) is 0 Å². The van der Waals surface area contributed by atoms with Crippen molar-refractivity contribution in [2.75, 3.05) is 26.2 Å². The molecule has 1 saturated heterocycles. The van der Waals surface area contributed by atoms with Crippen LogP contribution in [0.4, 0.5) is 4.79 Å². The molecule has 196 valence electrons. The van der Waals surface area contributed by atoms with Gasteiger partial charge in [-0.3, -0.25) is 30.0 Å². The van der Waals surface area contributed by atoms with Gasteiger partial charge in [0.15, 0.2) is 0 Å². The third-order valence-corrected chi connectivity index (χ3v) is 5.92. The number of piperidine rings is 1. The van der Waals surface area contributed by atoms with E-state index in [2.05, 4.69) is 17.7 Å². The second-order valence-corrected chi connectivity index (χ2v) is 10.2. The first-order valence-corrected chi connectivity index (χ1v) is 12.6. The van der Waals surface area contributed by atoms with Crippen LogP contribution in [0.3, 0.4) is 0 Å². The minimum atomic E-state index is -0.610. The second kappa shape index (κ2) is 14.8. The first kappa shape index (κ1) is 29.7. The van der Waals surface area contributed by atoms with E-state index in [1.165, 1.54) is 5.01 Å². The van der Waals surface area contributed by atoms with Gasteiger partial charge in [-0.25, -0.2) is 9.86 Å². The summed E-state index contributed by atoms with van der Waals surface area (Å²) in [7, 11) is 0. The molecule has 0 saturated carbocycles. The lowest BCUT2D eigenvalue weighted by atomic mass is 9.95. The first-order chi connectivity index (χ1) is 16.0. The zero-order valence-electron chi connectivity index (χ0n) is 21.6. The average Bonchev–Trinajstić information content (AvgIpc) is 2.79. The van der Waals surface area contributed by atoms with E-state index in [1.807, 2.05) is 27.7 Å². The molecular weight excluding hydrogens is 438 g/mol. The molecule has 34 heavy (non-hydrogen) atoms. The van der Waals surface area contributed by atoms with Crippen molar-refractivity contribution in [2.45, 2.75) is 91.5 Å². The summed E-state index contributed by atoms with van der Waals surface area (Å²) in [5, 5.41) is 14.5. The largest absolute Gasteiger partial charge is 0.333 e. The van der Waals surface area contributed by atoms with Gasteiger partial charge in [0.05, 0.1) is 12.5 Å². The topological polar surface area (TPSA) is 122 Å². The van der Waals surface area contributed by atoms with Gasteiger partial charge < -0.3 is 10.2 Å². The number of carbonyl (C=O) groups excluding carboxylic acids is 4. The number of unbranched alkanes of at least 4 members (excludes halogenated alkanes) is 3. The first-order valence-electron chi connectivity index (χ1n) is 12.6. The van der Waals surface area contributed by atoms with E-state index in [4.69, 9.17) is 0 Å². The highest BCUT2D eigenvalue weighted by Crippen LogP contribution is 2.21. The quantitative estimate of drug-likeness (QED) is 0.170. The Hall–Kier alpha value is -2.36. The van der Waals surface area contributed by atoms with E-state index in [0.29, 0.717) is 44.0 Å². The number of rotatable bonds is 12. The number of carbonyl (C=O) groups is 4. The number of amides is 5. The molecule has 10 nitrogen and oxygen atoms in total. The molecule has 0 bridgehead atoms. The van der Waals surface area contributed by atoms with Gasteiger partial charge in [0.1, 0.15) is 0 Å². The third-order valence-electron chi connectivity index (χ3n) is 5.92. The Balaban J connectivity index is 2.79. The number of hydroxylamine groups is 2. The van der Waals surface area contributed by atoms with Crippen molar-refractivity contribution in [2.24, 2.45) is 11.8 Å². The van der Waals surface area contributed by atoms with Gasteiger partial charge in [-0.15, -0.1) is 0 Å². The Morgan fingerprint density at radius 2 is 1.71 bits per heavy atom. The summed E-state index contributed by atoms with van der Waals surface area (Å²) in [4.78, 5) is 51.3. The van der Waals surface area contributed by atoms with E-state index in [0.717, 1.165) is 32.1 Å². The Kier molecular flexibility index (Phi) is 12.9. The van der Waals surface area contributed by atoms with E-state index >= 15 is 0 Å². The second-order valence-electron chi connectivity index (χ2n) is 10.2. The van der Waals surface area contributed by atoms with Crippen LogP contribution in [0.15, 0.2) is 0 Å². The zero-order chi connectivity index (χ0) is 25.7. The Morgan fingerprint density at radius 3 is 2.24 bits per heavy atom.